The SMILES string of the molecule is CCC1OC(=O)C(C)C(O[C@H]2C[C@@](C)(OC)[C@@H](OC=O)C(C)O2)C(C)[C@@H](OC2OC(C)CC(N(C)C)[C@H]2OC(C)=O)[C@]2(C)CC(C)=C(O2)[C@H](C)[C@@H](O)[C@]1(C)O. The number of fused-ring (bicyclic) bond motifs is 2. The first kappa shape index (κ1) is 45.3. The Bertz CT molecular complexity index is 1390. The number of hydrogen-bond acceptors (Lipinski definition) is 15. The van der Waals surface area contributed by atoms with Crippen LogP contribution in [0.4, 0.5) is 0 Å². The molecular formula is C40H67NO14. The van der Waals surface area contributed by atoms with Crippen LogP contribution in [0.3, 0.4) is 0 Å². The number of aliphatic hydroxyl groups excluding tert-OH is 1. The van der Waals surface area contributed by atoms with Crippen molar-refractivity contribution in [3.63, 3.8) is 0 Å². The molecule has 0 aromatic heterocycles. The van der Waals surface area contributed by atoms with Gasteiger partial charge >= 0.3 is 11.9 Å². The minimum Gasteiger partial charge on any atom is -0.489 e. The molecule has 0 aromatic carbocycles. The molecule has 0 aliphatic carbocycles. The van der Waals surface area contributed by atoms with Crippen LogP contribution in [0.25, 0.3) is 0 Å². The van der Waals surface area contributed by atoms with Gasteiger partial charge in [0.25, 0.3) is 6.47 Å². The van der Waals surface area contributed by atoms with Crippen molar-refractivity contribution < 1.29 is 67.2 Å². The summed E-state index contributed by atoms with van der Waals surface area (Å²) in [5.41, 5.74) is -3.15. The van der Waals surface area contributed by atoms with Gasteiger partial charge in [0.05, 0.1) is 36.4 Å². The van der Waals surface area contributed by atoms with Gasteiger partial charge in [-0.2, -0.15) is 0 Å². The summed E-state index contributed by atoms with van der Waals surface area (Å²) in [7, 11) is 5.33. The van der Waals surface area contributed by atoms with Gasteiger partial charge in [0.15, 0.2) is 24.8 Å². The first-order valence-electron chi connectivity index (χ1n) is 19.6. The Kier molecular flexibility index (Phi) is 14.5. The number of nitrogens with zero attached hydrogens (tertiary/aromatic N) is 1. The van der Waals surface area contributed by atoms with E-state index in [0.717, 1.165) is 5.57 Å². The van der Waals surface area contributed by atoms with E-state index in [-0.39, 0.29) is 25.0 Å². The predicted molar refractivity (Wildman–Crippen MR) is 198 cm³/mol. The van der Waals surface area contributed by atoms with Crippen LogP contribution in [-0.4, -0.2) is 139 Å². The summed E-state index contributed by atoms with van der Waals surface area (Å²) in [6, 6.07) is -0.245. The fraction of sp³-hybridized carbons (Fsp3) is 0.875. The molecule has 3 saturated heterocycles. The van der Waals surface area contributed by atoms with E-state index in [9.17, 15) is 24.6 Å². The second-order valence-corrected chi connectivity index (χ2v) is 17.1. The molecule has 17 atom stereocenters. The van der Waals surface area contributed by atoms with E-state index in [1.54, 1.807) is 34.6 Å². The first-order valence-corrected chi connectivity index (χ1v) is 19.6. The lowest BCUT2D eigenvalue weighted by Crippen LogP contribution is -2.61. The summed E-state index contributed by atoms with van der Waals surface area (Å²) in [4.78, 5) is 40.2. The smallest absolute Gasteiger partial charge is 0.311 e. The second kappa shape index (κ2) is 17.6. The monoisotopic (exact) mass is 785 g/mol. The van der Waals surface area contributed by atoms with Gasteiger partial charge in [0.2, 0.25) is 0 Å². The summed E-state index contributed by atoms with van der Waals surface area (Å²) in [5.74, 6) is -3.02. The number of carbonyl (C=O) groups is 3. The maximum Gasteiger partial charge on any atom is 0.311 e. The number of carbonyl (C=O) groups excluding carboxylic acids is 3. The number of ether oxygens (including phenoxy) is 9. The fourth-order valence-electron chi connectivity index (χ4n) is 9.33. The molecule has 4 heterocycles. The standard InChI is InChI=1S/C40H67NO14/c1-15-28-40(11,46)33(44)22(4)30-20(2)17-39(10,55-30)34(54-37-32(51-26(8)43)27(41(12)13)16-21(3)49-37)23(5)31(24(6)36(45)52-28)53-29-18-38(9,47-14)35(48-19-42)25(7)50-29/h19,21-25,27-29,31-35,37,44,46H,15-18H2,1-14H3/t21?,22-,23?,24?,25?,27?,28?,29-,31?,32+,33+,34+,35-,37?,38+,39-,40+/m0/s1. The number of cyclic esters (lactones) is 1. The molecule has 0 aromatic rings. The van der Waals surface area contributed by atoms with Gasteiger partial charge in [-0.15, -0.1) is 0 Å². The number of aliphatic hydroxyl groups is 2. The third-order valence-electron chi connectivity index (χ3n) is 12.4. The third kappa shape index (κ3) is 9.35. The molecule has 15 nitrogen and oxygen atoms in total. The van der Waals surface area contributed by atoms with Crippen molar-refractivity contribution in [1.82, 2.24) is 4.90 Å². The molecule has 8 unspecified atom stereocenters. The van der Waals surface area contributed by atoms with Crippen LogP contribution in [0.1, 0.15) is 102 Å². The minimum atomic E-state index is -1.86. The quantitative estimate of drug-likeness (QED) is 0.186. The number of methoxy groups -OCH3 is 1. The molecular weight excluding hydrogens is 718 g/mol. The van der Waals surface area contributed by atoms with Gasteiger partial charge < -0.3 is 57.7 Å². The van der Waals surface area contributed by atoms with Gasteiger partial charge in [-0.3, -0.25) is 14.4 Å². The molecule has 4 aliphatic heterocycles. The van der Waals surface area contributed by atoms with Crippen LogP contribution in [0.15, 0.2) is 11.3 Å². The Morgan fingerprint density at radius 2 is 1.67 bits per heavy atom. The molecule has 15 heteroatoms. The zero-order chi connectivity index (χ0) is 41.4. The van der Waals surface area contributed by atoms with E-state index in [4.69, 9.17) is 42.6 Å². The Balaban J connectivity index is 1.88. The summed E-state index contributed by atoms with van der Waals surface area (Å²) in [6.45, 7) is 19.6. The molecule has 4 rings (SSSR count). The molecule has 0 spiro atoms. The van der Waals surface area contributed by atoms with Crippen LogP contribution in [0.5, 0.6) is 0 Å². The number of rotatable bonds is 10. The Morgan fingerprint density at radius 1 is 1.02 bits per heavy atom. The molecule has 316 valence electrons. The number of hydrogen-bond donors (Lipinski definition) is 2. The molecule has 0 radical (unpaired) electrons. The number of likely N-dealkylation sites (N-methyl/N-ethyl adjacent to an activating group) is 1. The minimum absolute atomic E-state index is 0.139. The Hall–Kier alpha value is -2.37. The van der Waals surface area contributed by atoms with Crippen molar-refractivity contribution in [1.29, 1.82) is 0 Å². The average Bonchev–Trinajstić information content (AvgIpc) is 3.42. The van der Waals surface area contributed by atoms with E-state index >= 15 is 0 Å². The zero-order valence-electron chi connectivity index (χ0n) is 35.2. The Labute approximate surface area is 326 Å². The van der Waals surface area contributed by atoms with E-state index in [1.807, 2.05) is 46.7 Å². The average molecular weight is 786 g/mol. The van der Waals surface area contributed by atoms with Crippen LogP contribution in [-0.2, 0) is 57.0 Å². The lowest BCUT2D eigenvalue weighted by molar-refractivity contribution is -0.317. The number of esters is 2. The molecule has 2 N–H and O–H groups in total. The maximum atomic E-state index is 14.3. The van der Waals surface area contributed by atoms with Gasteiger partial charge in [-0.25, -0.2) is 0 Å². The molecule has 3 fully saturated rings. The Morgan fingerprint density at radius 3 is 2.24 bits per heavy atom. The molecule has 4 aliphatic rings. The van der Waals surface area contributed by atoms with Crippen molar-refractivity contribution in [2.24, 2.45) is 17.8 Å². The first-order chi connectivity index (χ1) is 25.5. The zero-order valence-corrected chi connectivity index (χ0v) is 35.2. The molecule has 0 saturated carbocycles. The van der Waals surface area contributed by atoms with Gasteiger partial charge in [0, 0.05) is 38.7 Å². The van der Waals surface area contributed by atoms with E-state index in [0.29, 0.717) is 25.1 Å². The van der Waals surface area contributed by atoms with Crippen LogP contribution in [0.2, 0.25) is 0 Å². The molecule has 55 heavy (non-hydrogen) atoms. The second-order valence-electron chi connectivity index (χ2n) is 17.1. The fourth-order valence-corrected chi connectivity index (χ4v) is 9.33. The third-order valence-corrected chi connectivity index (χ3v) is 12.4. The lowest BCUT2D eigenvalue weighted by Gasteiger charge is -2.49. The van der Waals surface area contributed by atoms with Crippen molar-refractivity contribution in [3.05, 3.63) is 11.3 Å². The van der Waals surface area contributed by atoms with Crippen molar-refractivity contribution in [2.75, 3.05) is 21.2 Å². The summed E-state index contributed by atoms with van der Waals surface area (Å²) >= 11 is 0. The highest BCUT2D eigenvalue weighted by Crippen LogP contribution is 2.47. The van der Waals surface area contributed by atoms with Gasteiger partial charge in [0.1, 0.15) is 34.8 Å². The largest absolute Gasteiger partial charge is 0.489 e. The van der Waals surface area contributed by atoms with Crippen LogP contribution >= 0.6 is 0 Å². The lowest BCUT2D eigenvalue weighted by atomic mass is 9.78. The van der Waals surface area contributed by atoms with E-state index < -0.39 is 102 Å². The van der Waals surface area contributed by atoms with Gasteiger partial charge in [-0.1, -0.05) is 20.8 Å². The highest BCUT2D eigenvalue weighted by Gasteiger charge is 2.57. The summed E-state index contributed by atoms with van der Waals surface area (Å²) in [5, 5.41) is 23.6. The van der Waals surface area contributed by atoms with Crippen molar-refractivity contribution in [2.45, 2.75) is 186 Å². The van der Waals surface area contributed by atoms with Crippen molar-refractivity contribution >= 4 is 18.4 Å². The predicted octanol–water partition coefficient (Wildman–Crippen LogP) is 3.64. The highest BCUT2D eigenvalue weighted by atomic mass is 16.7. The van der Waals surface area contributed by atoms with Crippen LogP contribution < -0.4 is 0 Å². The topological polar surface area (TPSA) is 178 Å². The van der Waals surface area contributed by atoms with Gasteiger partial charge in [-0.05, 0) is 81.0 Å². The van der Waals surface area contributed by atoms with E-state index in [1.165, 1.54) is 21.0 Å². The normalized spacial score (nSPS) is 45.8. The summed E-state index contributed by atoms with van der Waals surface area (Å²) < 4.78 is 56.8. The van der Waals surface area contributed by atoms with E-state index in [2.05, 4.69) is 0 Å². The molecule has 0 amide bonds. The van der Waals surface area contributed by atoms with Crippen molar-refractivity contribution in [3.8, 4) is 0 Å². The maximum absolute atomic E-state index is 14.3. The highest BCUT2D eigenvalue weighted by molar-refractivity contribution is 5.73. The summed E-state index contributed by atoms with van der Waals surface area (Å²) in [6.07, 6.45) is -7.49. The van der Waals surface area contributed by atoms with Crippen LogP contribution in [0, 0.1) is 17.8 Å². The molecule has 2 bridgehead atoms.